The van der Waals surface area contributed by atoms with Gasteiger partial charge in [0.15, 0.2) is 5.65 Å². The van der Waals surface area contributed by atoms with Crippen LogP contribution in [0, 0.1) is 10.1 Å². The lowest BCUT2D eigenvalue weighted by Gasteiger charge is -2.36. The number of amides is 1. The molecule has 3 aromatic rings. The van der Waals surface area contributed by atoms with Crippen LogP contribution in [0.25, 0.3) is 22.3 Å². The Labute approximate surface area is 179 Å². The molecule has 1 fully saturated rings. The predicted molar refractivity (Wildman–Crippen MR) is 116 cm³/mol. The first-order valence-electron chi connectivity index (χ1n) is 10.0. The van der Waals surface area contributed by atoms with Crippen LogP contribution in [0.5, 0.6) is 0 Å². The van der Waals surface area contributed by atoms with Crippen molar-refractivity contribution in [1.29, 1.82) is 0 Å². The van der Waals surface area contributed by atoms with Crippen molar-refractivity contribution >= 4 is 28.5 Å². The Kier molecular flexibility index (Phi) is 5.22. The summed E-state index contributed by atoms with van der Waals surface area (Å²) >= 11 is 0. The van der Waals surface area contributed by atoms with Gasteiger partial charge in [0.25, 0.3) is 5.69 Å². The Morgan fingerprint density at radius 3 is 2.61 bits per heavy atom. The Morgan fingerprint density at radius 1 is 1.19 bits per heavy atom. The van der Waals surface area contributed by atoms with Crippen LogP contribution in [-0.4, -0.2) is 62.9 Å². The van der Waals surface area contributed by atoms with Crippen molar-refractivity contribution in [2.24, 2.45) is 0 Å². The van der Waals surface area contributed by atoms with Crippen LogP contribution in [-0.2, 0) is 4.74 Å². The van der Waals surface area contributed by atoms with E-state index in [4.69, 9.17) is 4.74 Å². The molecule has 1 saturated heterocycles. The van der Waals surface area contributed by atoms with Gasteiger partial charge in [-0.05, 0) is 32.9 Å². The highest BCUT2D eigenvalue weighted by Crippen LogP contribution is 2.30. The van der Waals surface area contributed by atoms with Gasteiger partial charge in [-0.1, -0.05) is 12.1 Å². The van der Waals surface area contributed by atoms with E-state index in [1.165, 1.54) is 12.3 Å². The fourth-order valence-corrected chi connectivity index (χ4v) is 3.54. The van der Waals surface area contributed by atoms with Crippen LogP contribution in [0.3, 0.4) is 0 Å². The second-order valence-corrected chi connectivity index (χ2v) is 8.42. The van der Waals surface area contributed by atoms with Crippen LogP contribution in [0.4, 0.5) is 16.2 Å². The van der Waals surface area contributed by atoms with Gasteiger partial charge in [0.1, 0.15) is 17.5 Å². The molecule has 1 amide bonds. The zero-order valence-electron chi connectivity index (χ0n) is 17.7. The number of rotatable bonds is 3. The van der Waals surface area contributed by atoms with Gasteiger partial charge in [-0.25, -0.2) is 9.78 Å². The predicted octanol–water partition coefficient (Wildman–Crippen LogP) is 3.59. The Hall–Kier alpha value is -3.69. The number of hydrogen-bond donors (Lipinski definition) is 1. The third-order valence-corrected chi connectivity index (χ3v) is 5.03. The molecule has 4 rings (SSSR count). The lowest BCUT2D eigenvalue weighted by Crippen LogP contribution is -2.50. The molecule has 0 atom stereocenters. The molecule has 1 aromatic carbocycles. The number of carbonyl (C=O) groups is 1. The highest BCUT2D eigenvalue weighted by Gasteiger charge is 2.26. The summed E-state index contributed by atoms with van der Waals surface area (Å²) in [5, 5.41) is 18.9. The van der Waals surface area contributed by atoms with E-state index in [9.17, 15) is 14.9 Å². The summed E-state index contributed by atoms with van der Waals surface area (Å²) < 4.78 is 5.46. The van der Waals surface area contributed by atoms with Gasteiger partial charge < -0.3 is 14.5 Å². The smallest absolute Gasteiger partial charge is 0.410 e. The van der Waals surface area contributed by atoms with E-state index in [-0.39, 0.29) is 11.8 Å². The standard InChI is InChI=1S/C21H24N6O4/c1-21(2,3)31-20(28)26-9-7-25(8-10-26)15-6-4-5-14(11-15)18-17-12-16(27(29)30)13-22-19(17)24-23-18/h4-6,11-13H,7-10H2,1-3H3,(H,22,23,24). The van der Waals surface area contributed by atoms with Crippen LogP contribution in [0.1, 0.15) is 20.8 Å². The van der Waals surface area contributed by atoms with Crippen molar-refractivity contribution in [3.8, 4) is 11.3 Å². The highest BCUT2D eigenvalue weighted by atomic mass is 16.6. The molecule has 31 heavy (non-hydrogen) atoms. The molecule has 2 aromatic heterocycles. The Bertz CT molecular complexity index is 1130. The third kappa shape index (κ3) is 4.42. The normalized spacial score (nSPS) is 14.7. The van der Waals surface area contributed by atoms with Crippen molar-refractivity contribution in [3.05, 3.63) is 46.6 Å². The van der Waals surface area contributed by atoms with Gasteiger partial charge in [0, 0.05) is 43.5 Å². The largest absolute Gasteiger partial charge is 0.444 e. The summed E-state index contributed by atoms with van der Waals surface area (Å²) in [5.74, 6) is 0. The number of H-pyrrole nitrogens is 1. The molecule has 0 spiro atoms. The summed E-state index contributed by atoms with van der Waals surface area (Å²) in [5.41, 5.74) is 2.34. The van der Waals surface area contributed by atoms with Crippen LogP contribution in [0.2, 0.25) is 0 Å². The Balaban J connectivity index is 1.52. The summed E-state index contributed by atoms with van der Waals surface area (Å²) in [6.07, 6.45) is 0.920. The van der Waals surface area contributed by atoms with Crippen molar-refractivity contribution in [3.63, 3.8) is 0 Å². The molecule has 0 bridgehead atoms. The van der Waals surface area contributed by atoms with Crippen molar-refractivity contribution in [1.82, 2.24) is 20.1 Å². The molecular weight excluding hydrogens is 400 g/mol. The maximum atomic E-state index is 12.3. The number of ether oxygens (including phenoxy) is 1. The lowest BCUT2D eigenvalue weighted by atomic mass is 10.1. The maximum Gasteiger partial charge on any atom is 0.410 e. The number of fused-ring (bicyclic) bond motifs is 1. The molecule has 0 radical (unpaired) electrons. The van der Waals surface area contributed by atoms with Gasteiger partial charge in [0.2, 0.25) is 0 Å². The Morgan fingerprint density at radius 2 is 1.94 bits per heavy atom. The molecule has 1 aliphatic heterocycles. The van der Waals surface area contributed by atoms with Crippen molar-refractivity contribution in [2.75, 3.05) is 31.1 Å². The van der Waals surface area contributed by atoms with E-state index in [1.54, 1.807) is 4.90 Å². The van der Waals surface area contributed by atoms with E-state index in [2.05, 4.69) is 20.1 Å². The minimum Gasteiger partial charge on any atom is -0.444 e. The first-order chi connectivity index (χ1) is 14.7. The van der Waals surface area contributed by atoms with Crippen molar-refractivity contribution in [2.45, 2.75) is 26.4 Å². The highest BCUT2D eigenvalue weighted by molar-refractivity contribution is 5.92. The molecule has 162 valence electrons. The number of hydrogen-bond acceptors (Lipinski definition) is 7. The number of nitrogens with zero attached hydrogens (tertiary/aromatic N) is 5. The average molecular weight is 424 g/mol. The zero-order valence-corrected chi connectivity index (χ0v) is 17.7. The summed E-state index contributed by atoms with van der Waals surface area (Å²) in [7, 11) is 0. The number of nitrogens with one attached hydrogen (secondary N) is 1. The molecule has 1 aliphatic rings. The zero-order chi connectivity index (χ0) is 22.2. The number of anilines is 1. The minimum atomic E-state index is -0.515. The minimum absolute atomic E-state index is 0.0791. The molecule has 1 N–H and O–H groups in total. The lowest BCUT2D eigenvalue weighted by molar-refractivity contribution is -0.385. The van der Waals surface area contributed by atoms with Gasteiger partial charge in [-0.3, -0.25) is 15.2 Å². The quantitative estimate of drug-likeness (QED) is 0.504. The van der Waals surface area contributed by atoms with E-state index >= 15 is 0 Å². The number of benzene rings is 1. The van der Waals surface area contributed by atoms with E-state index in [0.717, 1.165) is 11.3 Å². The summed E-state index contributed by atoms with van der Waals surface area (Å²) in [6, 6.07) is 9.32. The molecule has 0 unspecified atom stereocenters. The maximum absolute atomic E-state index is 12.3. The summed E-state index contributed by atoms with van der Waals surface area (Å²) in [4.78, 5) is 30.9. The first kappa shape index (κ1) is 20.6. The number of piperazine rings is 1. The van der Waals surface area contributed by atoms with E-state index in [1.807, 2.05) is 45.0 Å². The van der Waals surface area contributed by atoms with Gasteiger partial charge in [0.05, 0.1) is 10.3 Å². The SMILES string of the molecule is CC(C)(C)OC(=O)N1CCN(c2cccc(-c3n[nH]c4ncc([N+](=O)[O-])cc34)c2)CC1. The fraction of sp³-hybridized carbons (Fsp3) is 0.381. The number of aromatic amines is 1. The third-order valence-electron chi connectivity index (χ3n) is 5.03. The second kappa shape index (κ2) is 7.86. The monoisotopic (exact) mass is 424 g/mol. The summed E-state index contributed by atoms with van der Waals surface area (Å²) in [6.45, 7) is 8.07. The van der Waals surface area contributed by atoms with E-state index in [0.29, 0.717) is 42.9 Å². The van der Waals surface area contributed by atoms with Gasteiger partial charge >= 0.3 is 6.09 Å². The molecular formula is C21H24N6O4. The number of aromatic nitrogens is 3. The topological polar surface area (TPSA) is 117 Å². The number of nitro groups is 1. The molecule has 0 saturated carbocycles. The molecule has 10 nitrogen and oxygen atoms in total. The van der Waals surface area contributed by atoms with Crippen LogP contribution in [0.15, 0.2) is 36.5 Å². The molecule has 3 heterocycles. The van der Waals surface area contributed by atoms with Crippen LogP contribution >= 0.6 is 0 Å². The molecule has 10 heteroatoms. The fourth-order valence-electron chi connectivity index (χ4n) is 3.54. The second-order valence-electron chi connectivity index (χ2n) is 8.42. The van der Waals surface area contributed by atoms with E-state index < -0.39 is 10.5 Å². The van der Waals surface area contributed by atoms with Crippen LogP contribution < -0.4 is 4.90 Å². The number of pyridine rings is 1. The average Bonchev–Trinajstić information content (AvgIpc) is 3.16. The van der Waals surface area contributed by atoms with Crippen molar-refractivity contribution < 1.29 is 14.5 Å². The first-order valence-corrected chi connectivity index (χ1v) is 10.0. The number of carbonyl (C=O) groups excluding carboxylic acids is 1. The van der Waals surface area contributed by atoms with Gasteiger partial charge in [-0.2, -0.15) is 5.10 Å². The van der Waals surface area contributed by atoms with Gasteiger partial charge in [-0.15, -0.1) is 0 Å². The molecule has 0 aliphatic carbocycles.